The molecule has 1 N–H and O–H groups in total. The molecule has 0 rings (SSSR count). The maximum atomic E-state index is 12.3. The molecule has 374 valence electrons. The van der Waals surface area contributed by atoms with E-state index < -0.39 is 6.10 Å². The fourth-order valence-corrected chi connectivity index (χ4v) is 8.43. The van der Waals surface area contributed by atoms with Crippen LogP contribution in [0.25, 0.3) is 0 Å². The number of allylic oxidation sites excluding steroid dienone is 8. The van der Waals surface area contributed by atoms with Crippen molar-refractivity contribution in [2.24, 2.45) is 0 Å². The molecule has 0 amide bonds. The number of rotatable bonds is 52. The molecular formula is C59H108O5. The van der Waals surface area contributed by atoms with E-state index in [1.807, 2.05) is 0 Å². The van der Waals surface area contributed by atoms with Gasteiger partial charge in [-0.2, -0.15) is 0 Å². The van der Waals surface area contributed by atoms with Gasteiger partial charge in [0.15, 0.2) is 6.10 Å². The van der Waals surface area contributed by atoms with E-state index in [1.54, 1.807) is 0 Å². The predicted octanol–water partition coefficient (Wildman–Crippen LogP) is 18.9. The molecule has 0 aliphatic rings. The second-order valence-corrected chi connectivity index (χ2v) is 19.0. The average Bonchev–Trinajstić information content (AvgIpc) is 3.30. The Balaban J connectivity index is 3.41. The van der Waals surface area contributed by atoms with Gasteiger partial charge < -0.3 is 14.6 Å². The lowest BCUT2D eigenvalue weighted by Gasteiger charge is -2.15. The molecule has 5 heteroatoms. The minimum Gasteiger partial charge on any atom is -0.462 e. The molecule has 5 nitrogen and oxygen atoms in total. The topological polar surface area (TPSA) is 72.8 Å². The number of esters is 2. The van der Waals surface area contributed by atoms with Gasteiger partial charge in [-0.05, 0) is 51.4 Å². The van der Waals surface area contributed by atoms with Gasteiger partial charge in [-0.15, -0.1) is 0 Å². The van der Waals surface area contributed by atoms with Crippen molar-refractivity contribution in [3.05, 3.63) is 48.6 Å². The summed E-state index contributed by atoms with van der Waals surface area (Å²) < 4.78 is 10.7. The smallest absolute Gasteiger partial charge is 0.306 e. The van der Waals surface area contributed by atoms with Crippen LogP contribution in [0.5, 0.6) is 0 Å². The Morgan fingerprint density at radius 1 is 0.375 bits per heavy atom. The van der Waals surface area contributed by atoms with E-state index in [4.69, 9.17) is 9.47 Å². The molecule has 0 radical (unpaired) electrons. The summed E-state index contributed by atoms with van der Waals surface area (Å²) in [7, 11) is 0. The molecule has 1 unspecified atom stereocenters. The van der Waals surface area contributed by atoms with Crippen molar-refractivity contribution < 1.29 is 24.2 Å². The zero-order valence-corrected chi connectivity index (χ0v) is 42.8. The number of ether oxygens (including phenoxy) is 2. The van der Waals surface area contributed by atoms with Crippen molar-refractivity contribution >= 4 is 11.9 Å². The summed E-state index contributed by atoms with van der Waals surface area (Å²) in [6, 6.07) is 0. The zero-order valence-electron chi connectivity index (χ0n) is 42.8. The Labute approximate surface area is 398 Å². The van der Waals surface area contributed by atoms with Crippen molar-refractivity contribution in [2.45, 2.75) is 302 Å². The quantitative estimate of drug-likeness (QED) is 0.0374. The van der Waals surface area contributed by atoms with Crippen molar-refractivity contribution in [1.29, 1.82) is 0 Å². The van der Waals surface area contributed by atoms with E-state index in [0.29, 0.717) is 12.8 Å². The number of carbonyl (C=O) groups is 2. The third kappa shape index (κ3) is 52.5. The molecule has 0 aromatic carbocycles. The Hall–Kier alpha value is -2.14. The summed E-state index contributed by atoms with van der Waals surface area (Å²) >= 11 is 0. The normalized spacial score (nSPS) is 12.5. The van der Waals surface area contributed by atoms with Crippen LogP contribution in [0.3, 0.4) is 0 Å². The highest BCUT2D eigenvalue weighted by Gasteiger charge is 2.16. The van der Waals surface area contributed by atoms with E-state index in [-0.39, 0.29) is 25.2 Å². The minimum absolute atomic E-state index is 0.0599. The molecule has 64 heavy (non-hydrogen) atoms. The predicted molar refractivity (Wildman–Crippen MR) is 279 cm³/mol. The molecule has 0 fully saturated rings. The van der Waals surface area contributed by atoms with E-state index >= 15 is 0 Å². The molecule has 0 spiro atoms. The lowest BCUT2D eigenvalue weighted by Crippen LogP contribution is -2.28. The van der Waals surface area contributed by atoms with E-state index in [1.165, 1.54) is 212 Å². The van der Waals surface area contributed by atoms with Gasteiger partial charge in [0.25, 0.3) is 0 Å². The molecular weight excluding hydrogens is 789 g/mol. The standard InChI is InChI=1S/C59H108O5/c1-3-5-7-9-11-13-15-17-19-21-22-23-24-25-26-27-28-29-30-31-32-33-34-35-36-38-40-42-44-46-48-50-52-54-59(62)64-57(55-60)56-63-58(61)53-51-49-47-45-43-41-39-37-20-18-16-14-12-10-8-6-4-2/h5,7,11,13,17,19,22-23,57,60H,3-4,6,8-10,12,14-16,18,20-21,24-56H2,1-2H3/b7-5-,13-11-,19-17-,23-22-. The van der Waals surface area contributed by atoms with Crippen LogP contribution in [0.15, 0.2) is 48.6 Å². The SMILES string of the molecule is CC/C=C\C/C=C\C/C=C\C/C=C\CCCCCCCCCCCCCCCCCCCCCCC(=O)OC(CO)COC(=O)CCCCCCCCCCCCCCCCCCC. The minimum atomic E-state index is -0.768. The summed E-state index contributed by atoms with van der Waals surface area (Å²) in [5.41, 5.74) is 0. The monoisotopic (exact) mass is 897 g/mol. The van der Waals surface area contributed by atoms with Gasteiger partial charge >= 0.3 is 11.9 Å². The van der Waals surface area contributed by atoms with E-state index in [0.717, 1.165) is 57.8 Å². The number of hydrogen-bond acceptors (Lipinski definition) is 5. The largest absolute Gasteiger partial charge is 0.462 e. The maximum Gasteiger partial charge on any atom is 0.306 e. The fourth-order valence-electron chi connectivity index (χ4n) is 8.43. The summed E-state index contributed by atoms with van der Waals surface area (Å²) in [4.78, 5) is 24.5. The van der Waals surface area contributed by atoms with E-state index in [2.05, 4.69) is 62.5 Å². The number of hydrogen-bond donors (Lipinski definition) is 1. The average molecular weight is 898 g/mol. The van der Waals surface area contributed by atoms with Crippen molar-refractivity contribution in [1.82, 2.24) is 0 Å². The molecule has 0 aliphatic heterocycles. The highest BCUT2D eigenvalue weighted by molar-refractivity contribution is 5.70. The van der Waals surface area contributed by atoms with E-state index in [9.17, 15) is 14.7 Å². The molecule has 0 aliphatic carbocycles. The first kappa shape index (κ1) is 61.9. The van der Waals surface area contributed by atoms with Crippen LogP contribution >= 0.6 is 0 Å². The maximum absolute atomic E-state index is 12.3. The molecule has 0 bridgehead atoms. The summed E-state index contributed by atoms with van der Waals surface area (Å²) in [5.74, 6) is -0.573. The van der Waals surface area contributed by atoms with Crippen molar-refractivity contribution in [2.75, 3.05) is 13.2 Å². The molecule has 0 saturated carbocycles. The zero-order chi connectivity index (χ0) is 46.3. The van der Waals surface area contributed by atoms with Crippen LogP contribution < -0.4 is 0 Å². The van der Waals surface area contributed by atoms with Crippen molar-refractivity contribution in [3.63, 3.8) is 0 Å². The van der Waals surface area contributed by atoms with Gasteiger partial charge in [-0.3, -0.25) is 9.59 Å². The van der Waals surface area contributed by atoms with Gasteiger partial charge in [0.05, 0.1) is 6.61 Å². The first-order valence-corrected chi connectivity index (χ1v) is 28.2. The second-order valence-electron chi connectivity index (χ2n) is 19.0. The highest BCUT2D eigenvalue weighted by Crippen LogP contribution is 2.17. The first-order valence-electron chi connectivity index (χ1n) is 28.2. The molecule has 0 aromatic rings. The summed E-state index contributed by atoms with van der Waals surface area (Å²) in [5, 5.41) is 9.64. The number of carbonyl (C=O) groups excluding carboxylic acids is 2. The van der Waals surface area contributed by atoms with Gasteiger partial charge in [0.1, 0.15) is 6.61 Å². The third-order valence-electron chi connectivity index (χ3n) is 12.6. The Morgan fingerprint density at radius 2 is 0.672 bits per heavy atom. The van der Waals surface area contributed by atoms with Gasteiger partial charge in [0, 0.05) is 12.8 Å². The van der Waals surface area contributed by atoms with Crippen LogP contribution in [0.1, 0.15) is 296 Å². The fraction of sp³-hybridized carbons (Fsp3) is 0.831. The Morgan fingerprint density at radius 3 is 1.02 bits per heavy atom. The summed E-state index contributed by atoms with van der Waals surface area (Å²) in [6.07, 6.45) is 72.3. The lowest BCUT2D eigenvalue weighted by molar-refractivity contribution is -0.161. The first-order chi connectivity index (χ1) is 31.6. The van der Waals surface area contributed by atoms with Gasteiger partial charge in [0.2, 0.25) is 0 Å². The Kier molecular flexibility index (Phi) is 53.3. The number of aliphatic hydroxyl groups excluding tert-OH is 1. The summed E-state index contributed by atoms with van der Waals surface area (Å²) in [6.45, 7) is 4.07. The highest BCUT2D eigenvalue weighted by atomic mass is 16.6. The Bertz CT molecular complexity index is 1060. The second kappa shape index (κ2) is 55.2. The molecule has 0 saturated heterocycles. The lowest BCUT2D eigenvalue weighted by atomic mass is 10.0. The number of unbranched alkanes of at least 4 members (excludes halogenated alkanes) is 36. The van der Waals surface area contributed by atoms with Crippen LogP contribution in [-0.4, -0.2) is 36.4 Å². The third-order valence-corrected chi connectivity index (χ3v) is 12.6. The van der Waals surface area contributed by atoms with Gasteiger partial charge in [-0.1, -0.05) is 281 Å². The number of aliphatic hydroxyl groups is 1. The van der Waals surface area contributed by atoms with Crippen LogP contribution in [0, 0.1) is 0 Å². The van der Waals surface area contributed by atoms with Crippen LogP contribution in [0.4, 0.5) is 0 Å². The molecule has 0 heterocycles. The van der Waals surface area contributed by atoms with Crippen LogP contribution in [0.2, 0.25) is 0 Å². The van der Waals surface area contributed by atoms with Crippen LogP contribution in [-0.2, 0) is 19.1 Å². The van der Waals surface area contributed by atoms with Crippen molar-refractivity contribution in [3.8, 4) is 0 Å². The van der Waals surface area contributed by atoms with Gasteiger partial charge in [-0.25, -0.2) is 0 Å². The molecule has 0 aromatic heterocycles. The molecule has 1 atom stereocenters.